The Morgan fingerprint density at radius 1 is 0.548 bits per heavy atom. The van der Waals surface area contributed by atoms with Crippen LogP contribution >= 0.6 is 0 Å². The van der Waals surface area contributed by atoms with Crippen LogP contribution in [0.3, 0.4) is 0 Å². The van der Waals surface area contributed by atoms with Gasteiger partial charge in [-0.15, -0.1) is 0 Å². The fraction of sp³-hybridized carbons (Fsp3) is 0.0500. The average Bonchev–Trinajstić information content (AvgIpc) is 3.58. The number of allylic oxidation sites excluding steroid dienone is 1. The van der Waals surface area contributed by atoms with Crippen LogP contribution in [0.5, 0.6) is 0 Å². The number of H-pyrrole nitrogens is 1. The molecule has 0 aliphatic carbocycles. The summed E-state index contributed by atoms with van der Waals surface area (Å²) >= 11 is 0. The van der Waals surface area contributed by atoms with Gasteiger partial charge in [0.15, 0.2) is 0 Å². The number of aromatic nitrogens is 2. The summed E-state index contributed by atoms with van der Waals surface area (Å²) in [7, 11) is 0. The molecule has 0 atom stereocenters. The minimum atomic E-state index is 1.17. The Kier molecular flexibility index (Phi) is 5.61. The standard InChI is InChI=1S/C40H30N2/c1-3-9-27-16-22-37-40(26(27)2)35-25-30(17-21-36(35)41-37)31-18-23-39-34(24-31)33-12-7-8-13-38(33)42(39)32-19-14-29(15-20-32)28-10-5-4-6-11-28/h3-25,41H,1-2H3/b9-3-. The largest absolute Gasteiger partial charge is 0.355 e. The molecule has 8 aromatic rings. The Morgan fingerprint density at radius 2 is 1.19 bits per heavy atom. The van der Waals surface area contributed by atoms with Crippen LogP contribution in [0.4, 0.5) is 0 Å². The zero-order valence-electron chi connectivity index (χ0n) is 23.7. The van der Waals surface area contributed by atoms with Gasteiger partial charge in [-0.3, -0.25) is 0 Å². The molecule has 6 aromatic carbocycles. The van der Waals surface area contributed by atoms with Crippen LogP contribution in [-0.2, 0) is 0 Å². The van der Waals surface area contributed by atoms with Crippen LogP contribution in [0.1, 0.15) is 18.1 Å². The van der Waals surface area contributed by atoms with Crippen LogP contribution in [-0.4, -0.2) is 9.55 Å². The van der Waals surface area contributed by atoms with Gasteiger partial charge in [-0.1, -0.05) is 91.0 Å². The zero-order valence-corrected chi connectivity index (χ0v) is 23.7. The molecule has 200 valence electrons. The van der Waals surface area contributed by atoms with Gasteiger partial charge in [0, 0.05) is 38.3 Å². The third-order valence-electron chi connectivity index (χ3n) is 8.65. The molecule has 8 rings (SSSR count). The average molecular weight is 539 g/mol. The maximum Gasteiger partial charge on any atom is 0.0541 e. The molecule has 0 aliphatic heterocycles. The lowest BCUT2D eigenvalue weighted by atomic mass is 9.98. The lowest BCUT2D eigenvalue weighted by Gasteiger charge is -2.10. The van der Waals surface area contributed by atoms with Crippen molar-refractivity contribution in [1.29, 1.82) is 0 Å². The van der Waals surface area contributed by atoms with Crippen LogP contribution in [0.25, 0.3) is 77.6 Å². The highest BCUT2D eigenvalue weighted by Crippen LogP contribution is 2.37. The minimum absolute atomic E-state index is 1.17. The lowest BCUT2D eigenvalue weighted by molar-refractivity contribution is 1.18. The van der Waals surface area contributed by atoms with Crippen molar-refractivity contribution >= 4 is 49.7 Å². The van der Waals surface area contributed by atoms with E-state index in [2.05, 4.69) is 163 Å². The third kappa shape index (κ3) is 3.80. The van der Waals surface area contributed by atoms with E-state index in [1.807, 2.05) is 0 Å². The molecular weight excluding hydrogens is 508 g/mol. The predicted octanol–water partition coefficient (Wildman–Crippen LogP) is 11.1. The van der Waals surface area contributed by atoms with E-state index in [4.69, 9.17) is 0 Å². The Bertz CT molecular complexity index is 2300. The topological polar surface area (TPSA) is 20.7 Å². The Labute approximate surface area is 245 Å². The molecule has 0 amide bonds. The van der Waals surface area contributed by atoms with Crippen molar-refractivity contribution in [1.82, 2.24) is 9.55 Å². The molecular formula is C40H30N2. The second-order valence-electron chi connectivity index (χ2n) is 11.1. The normalized spacial score (nSPS) is 12.0. The Balaban J connectivity index is 1.28. The molecule has 0 saturated heterocycles. The van der Waals surface area contributed by atoms with E-state index >= 15 is 0 Å². The monoisotopic (exact) mass is 538 g/mol. The lowest BCUT2D eigenvalue weighted by Crippen LogP contribution is -1.93. The number of hydrogen-bond acceptors (Lipinski definition) is 0. The van der Waals surface area contributed by atoms with Crippen molar-refractivity contribution in [3.05, 3.63) is 145 Å². The second kappa shape index (κ2) is 9.64. The fourth-order valence-corrected chi connectivity index (χ4v) is 6.59. The van der Waals surface area contributed by atoms with E-state index in [-0.39, 0.29) is 0 Å². The van der Waals surface area contributed by atoms with Gasteiger partial charge in [0.05, 0.1) is 11.0 Å². The van der Waals surface area contributed by atoms with Crippen molar-refractivity contribution in [3.8, 4) is 27.9 Å². The highest BCUT2D eigenvalue weighted by molar-refractivity contribution is 6.12. The summed E-state index contributed by atoms with van der Waals surface area (Å²) in [6.45, 7) is 4.30. The Hall–Kier alpha value is -5.34. The molecule has 0 spiro atoms. The molecule has 2 aromatic heterocycles. The smallest absolute Gasteiger partial charge is 0.0541 e. The Morgan fingerprint density at radius 3 is 2.00 bits per heavy atom. The molecule has 2 nitrogen and oxygen atoms in total. The first-order valence-electron chi connectivity index (χ1n) is 14.6. The van der Waals surface area contributed by atoms with E-state index in [1.54, 1.807) is 0 Å². The van der Waals surface area contributed by atoms with Gasteiger partial charge in [0.1, 0.15) is 0 Å². The number of rotatable bonds is 4. The number of aryl methyl sites for hydroxylation is 1. The van der Waals surface area contributed by atoms with Crippen LogP contribution in [0.15, 0.2) is 133 Å². The fourth-order valence-electron chi connectivity index (χ4n) is 6.59. The van der Waals surface area contributed by atoms with Crippen molar-refractivity contribution in [3.63, 3.8) is 0 Å². The number of para-hydroxylation sites is 1. The molecule has 2 heterocycles. The highest BCUT2D eigenvalue weighted by Gasteiger charge is 2.15. The van der Waals surface area contributed by atoms with Gasteiger partial charge in [0.2, 0.25) is 0 Å². The summed E-state index contributed by atoms with van der Waals surface area (Å²) in [6.07, 6.45) is 4.30. The van der Waals surface area contributed by atoms with Gasteiger partial charge in [0.25, 0.3) is 0 Å². The number of nitrogens with zero attached hydrogens (tertiary/aromatic N) is 1. The minimum Gasteiger partial charge on any atom is -0.355 e. The number of nitrogens with one attached hydrogen (secondary N) is 1. The van der Waals surface area contributed by atoms with Crippen LogP contribution in [0.2, 0.25) is 0 Å². The van der Waals surface area contributed by atoms with E-state index < -0.39 is 0 Å². The number of fused-ring (bicyclic) bond motifs is 6. The van der Waals surface area contributed by atoms with Crippen LogP contribution < -0.4 is 0 Å². The molecule has 1 N–H and O–H groups in total. The first kappa shape index (κ1) is 24.5. The number of aromatic amines is 1. The van der Waals surface area contributed by atoms with Gasteiger partial charge < -0.3 is 9.55 Å². The van der Waals surface area contributed by atoms with Crippen molar-refractivity contribution in [2.24, 2.45) is 0 Å². The van der Waals surface area contributed by atoms with E-state index in [9.17, 15) is 0 Å². The summed E-state index contributed by atoms with van der Waals surface area (Å²) in [6, 6.07) is 46.3. The van der Waals surface area contributed by atoms with E-state index in [0.717, 1.165) is 0 Å². The summed E-state index contributed by atoms with van der Waals surface area (Å²) in [5.74, 6) is 0. The van der Waals surface area contributed by atoms with Gasteiger partial charge >= 0.3 is 0 Å². The third-order valence-corrected chi connectivity index (χ3v) is 8.65. The summed E-state index contributed by atoms with van der Waals surface area (Å²) in [5, 5.41) is 5.11. The van der Waals surface area contributed by atoms with Crippen molar-refractivity contribution < 1.29 is 0 Å². The SMILES string of the molecule is C/C=C\c1ccc2[nH]c3ccc(-c4ccc5c(c4)c4ccccc4n5-c4ccc(-c5ccccc5)cc4)cc3c2c1C. The van der Waals surface area contributed by atoms with Gasteiger partial charge in [-0.05, 0) is 95.8 Å². The molecule has 0 fully saturated rings. The second-order valence-corrected chi connectivity index (χ2v) is 11.1. The number of benzene rings is 6. The quantitative estimate of drug-likeness (QED) is 0.230. The highest BCUT2D eigenvalue weighted by atomic mass is 15.0. The molecule has 42 heavy (non-hydrogen) atoms. The van der Waals surface area contributed by atoms with Gasteiger partial charge in [-0.2, -0.15) is 0 Å². The maximum atomic E-state index is 3.63. The zero-order chi connectivity index (χ0) is 28.2. The molecule has 0 radical (unpaired) electrons. The van der Waals surface area contributed by atoms with Gasteiger partial charge in [-0.25, -0.2) is 0 Å². The number of hydrogen-bond donors (Lipinski definition) is 1. The summed E-state index contributed by atoms with van der Waals surface area (Å²) in [5.41, 5.74) is 13.4. The first-order chi connectivity index (χ1) is 20.7. The molecule has 0 aliphatic rings. The predicted molar refractivity (Wildman–Crippen MR) is 180 cm³/mol. The molecule has 0 unspecified atom stereocenters. The molecule has 0 bridgehead atoms. The van der Waals surface area contributed by atoms with E-state index in [1.165, 1.54) is 82.7 Å². The summed E-state index contributed by atoms with van der Waals surface area (Å²) < 4.78 is 2.39. The molecule has 2 heteroatoms. The van der Waals surface area contributed by atoms with Crippen LogP contribution in [0, 0.1) is 6.92 Å². The van der Waals surface area contributed by atoms with Crippen molar-refractivity contribution in [2.75, 3.05) is 0 Å². The summed E-state index contributed by atoms with van der Waals surface area (Å²) in [4.78, 5) is 3.63. The first-order valence-corrected chi connectivity index (χ1v) is 14.6. The molecule has 0 saturated carbocycles. The van der Waals surface area contributed by atoms with E-state index in [0.29, 0.717) is 0 Å². The van der Waals surface area contributed by atoms with Crippen molar-refractivity contribution in [2.45, 2.75) is 13.8 Å². The maximum absolute atomic E-state index is 3.63.